The summed E-state index contributed by atoms with van der Waals surface area (Å²) in [6.07, 6.45) is 0. The molecule has 540 valence electrons. The quantitative estimate of drug-likeness (QED) is 0.185. The molecule has 0 bridgehead atoms. The number of nitrogens with zero attached hydrogens (tertiary/aromatic N) is 1. The molecule has 18 aromatic carbocycles. The van der Waals surface area contributed by atoms with E-state index in [1.165, 1.54) is 205 Å². The number of rotatable bonds is 5. The Kier molecular flexibility index (Phi) is 14.0. The summed E-state index contributed by atoms with van der Waals surface area (Å²) in [5, 5.41) is 8.97. The smallest absolute Gasteiger partial charge is 0.0726 e. The van der Waals surface area contributed by atoms with Crippen LogP contribution in [0.3, 0.4) is 0 Å². The lowest BCUT2D eigenvalue weighted by molar-refractivity contribution is 0.660. The average molecular weight is 1530 g/mol. The molecule has 26 rings (SSSR count). The summed E-state index contributed by atoms with van der Waals surface area (Å²) in [6.45, 7) is 9.36. The Labute approximate surface area is 679 Å². The zero-order valence-corrected chi connectivity index (χ0v) is 65.7. The zero-order chi connectivity index (χ0) is 76.4. The lowest BCUT2D eigenvalue weighted by Gasteiger charge is -2.33. The first kappa shape index (κ1) is 66.2. The second-order valence-electron chi connectivity index (χ2n) is 33.3. The van der Waals surface area contributed by atoms with Crippen LogP contribution in [0.15, 0.2) is 381 Å². The number of hydrogen-bond acceptors (Lipinski definition) is 2. The van der Waals surface area contributed by atoms with Crippen molar-refractivity contribution < 1.29 is 0 Å². The van der Waals surface area contributed by atoms with Crippen molar-refractivity contribution in [2.75, 3.05) is 10.2 Å². The molecule has 2 nitrogen and oxygen atoms in total. The van der Waals surface area contributed by atoms with Crippen LogP contribution >= 0.6 is 15.9 Å². The van der Waals surface area contributed by atoms with Gasteiger partial charge in [0.2, 0.25) is 0 Å². The monoisotopic (exact) mass is 1530 g/mol. The van der Waals surface area contributed by atoms with Gasteiger partial charge >= 0.3 is 0 Å². The molecule has 3 heteroatoms. The lowest BCUT2D eigenvalue weighted by atomic mass is 9.70. The van der Waals surface area contributed by atoms with Crippen LogP contribution in [-0.2, 0) is 21.7 Å². The fourth-order valence-electron chi connectivity index (χ4n) is 22.4. The Hall–Kier alpha value is -13.4. The van der Waals surface area contributed by atoms with Gasteiger partial charge in [-0.2, -0.15) is 0 Å². The fraction of sp³-hybridized carbons (Fsp3) is 0.0714. The van der Waals surface area contributed by atoms with Crippen LogP contribution in [0.2, 0.25) is 0 Å². The third kappa shape index (κ3) is 8.94. The van der Waals surface area contributed by atoms with Crippen molar-refractivity contribution in [2.24, 2.45) is 0 Å². The van der Waals surface area contributed by atoms with Gasteiger partial charge in [0.05, 0.1) is 10.8 Å². The molecule has 0 amide bonds. The standard InChI is InChI=1S/C56H37N.C35H19Br.C21H19N/c1-55(2)47-24-11-8-19-39(47)41-29-27-35(31-50(41)55)57(34-15-4-3-5-16-34)36-28-30-42-40-20-9-12-25-48(40)56(51(42)32-36)49-26-13-10-21-44(49)54-45-23-14-22-43-37-17-6-7-18-38(37)46(53(43)45)33-52(54)56;36-20-16-17-24-23-10-3-5-14-29(23)35(31(24)18-20)30-15-6-4-11-26(30)34-27-13-7-12-25-21-8-1-2-9-22(21)28(33(25)27)19-32(34)35;1-21(2)19-11-7-6-10-17(19)18-13-12-16(14-20(18)21)22-15-8-4-3-5-9-15/h3-33H,1-2H3;1-19H;3-14,22H,1-2H3. The van der Waals surface area contributed by atoms with E-state index in [9.17, 15) is 0 Å². The Bertz CT molecular complexity index is 7280. The predicted molar refractivity (Wildman–Crippen MR) is 483 cm³/mol. The highest BCUT2D eigenvalue weighted by Crippen LogP contribution is 2.69. The van der Waals surface area contributed by atoms with Crippen LogP contribution in [0.25, 0.3) is 133 Å². The highest BCUT2D eigenvalue weighted by atomic mass is 79.9. The first-order valence-electron chi connectivity index (χ1n) is 40.4. The molecule has 0 radical (unpaired) electrons. The highest BCUT2D eigenvalue weighted by molar-refractivity contribution is 9.10. The SMILES string of the molecule is Brc1ccc2c(c1)C1(c3ccccc3-2)c2ccccc2-c2c1cc1c3c(cccc23)-c2ccccc2-1.CC1(C)c2ccccc2-c2ccc(N(c3ccccc3)c3ccc4c(c3)C3(c5ccccc5-4)c4ccccc4-c4c3cc3c5c(cccc45)-c4ccccc4-3)cc21.CC1(C)c2ccccc2-c2ccc(Nc3ccccc3)cc21. The van der Waals surface area contributed by atoms with Crippen LogP contribution in [0.5, 0.6) is 0 Å². The van der Waals surface area contributed by atoms with Gasteiger partial charge in [-0.15, -0.1) is 0 Å². The van der Waals surface area contributed by atoms with Crippen molar-refractivity contribution in [1.82, 2.24) is 0 Å². The minimum atomic E-state index is -0.490. The van der Waals surface area contributed by atoms with Crippen molar-refractivity contribution in [3.8, 4) is 111 Å². The van der Waals surface area contributed by atoms with Crippen LogP contribution in [0, 0.1) is 0 Å². The number of hydrogen-bond donors (Lipinski definition) is 1. The second kappa shape index (κ2) is 24.3. The van der Waals surface area contributed by atoms with Crippen molar-refractivity contribution in [1.29, 1.82) is 0 Å². The molecule has 8 aliphatic carbocycles. The van der Waals surface area contributed by atoms with Crippen molar-refractivity contribution in [2.45, 2.75) is 49.4 Å². The van der Waals surface area contributed by atoms with Gasteiger partial charge in [-0.25, -0.2) is 0 Å². The molecular formula is C112H75BrN2. The number of halogens is 1. The van der Waals surface area contributed by atoms with Gasteiger partial charge in [-0.05, 0) is 285 Å². The molecule has 2 spiro atoms. The number of anilines is 5. The highest BCUT2D eigenvalue weighted by Gasteiger charge is 2.55. The van der Waals surface area contributed by atoms with Gasteiger partial charge in [-0.1, -0.05) is 335 Å². The second-order valence-corrected chi connectivity index (χ2v) is 34.3. The normalized spacial score (nSPS) is 16.3. The minimum Gasteiger partial charge on any atom is -0.356 e. The van der Waals surface area contributed by atoms with Gasteiger partial charge in [0.15, 0.2) is 0 Å². The van der Waals surface area contributed by atoms with E-state index in [4.69, 9.17) is 0 Å². The van der Waals surface area contributed by atoms with Gasteiger partial charge in [0, 0.05) is 43.7 Å². The maximum atomic E-state index is 3.82. The molecule has 0 fully saturated rings. The Morgan fingerprint density at radius 1 is 0.209 bits per heavy atom. The summed E-state index contributed by atoms with van der Waals surface area (Å²) in [4.78, 5) is 2.47. The first-order chi connectivity index (χ1) is 56.5. The molecule has 18 aromatic rings. The van der Waals surface area contributed by atoms with E-state index in [1.54, 1.807) is 0 Å². The Balaban J connectivity index is 0.000000111. The molecule has 2 unspecified atom stereocenters. The van der Waals surface area contributed by atoms with E-state index in [2.05, 4.69) is 424 Å². The van der Waals surface area contributed by atoms with Crippen LogP contribution in [-0.4, -0.2) is 0 Å². The zero-order valence-electron chi connectivity index (χ0n) is 64.1. The molecule has 0 saturated carbocycles. The molecule has 0 saturated heterocycles. The van der Waals surface area contributed by atoms with Crippen LogP contribution in [0.1, 0.15) is 94.5 Å². The summed E-state index contributed by atoms with van der Waals surface area (Å²) in [6, 6.07) is 140. The molecule has 2 atom stereocenters. The maximum Gasteiger partial charge on any atom is 0.0726 e. The van der Waals surface area contributed by atoms with Crippen molar-refractivity contribution >= 4 is 65.9 Å². The first-order valence-corrected chi connectivity index (χ1v) is 41.2. The maximum absolute atomic E-state index is 3.82. The van der Waals surface area contributed by atoms with Crippen molar-refractivity contribution in [3.05, 3.63) is 447 Å². The lowest BCUT2D eigenvalue weighted by Crippen LogP contribution is -2.26. The number of fused-ring (bicyclic) bond motifs is 34. The van der Waals surface area contributed by atoms with E-state index < -0.39 is 5.41 Å². The number of nitrogens with one attached hydrogen (secondary N) is 1. The molecule has 8 aliphatic rings. The third-order valence-electron chi connectivity index (χ3n) is 27.1. The summed E-state index contributed by atoms with van der Waals surface area (Å²) in [7, 11) is 0. The van der Waals surface area contributed by atoms with Gasteiger partial charge in [0.25, 0.3) is 0 Å². The van der Waals surface area contributed by atoms with Gasteiger partial charge in [-0.3, -0.25) is 0 Å². The van der Waals surface area contributed by atoms with E-state index >= 15 is 0 Å². The summed E-state index contributed by atoms with van der Waals surface area (Å²) in [5.74, 6) is 0. The largest absolute Gasteiger partial charge is 0.356 e. The average Bonchev–Trinajstić information content (AvgIpc) is 1.50. The molecule has 115 heavy (non-hydrogen) atoms. The topological polar surface area (TPSA) is 15.3 Å². The molecular weight excluding hydrogens is 1450 g/mol. The van der Waals surface area contributed by atoms with E-state index in [1.807, 2.05) is 6.07 Å². The summed E-state index contributed by atoms with van der Waals surface area (Å²) < 4.78 is 1.12. The van der Waals surface area contributed by atoms with E-state index in [0.29, 0.717) is 0 Å². The number of para-hydroxylation sites is 2. The Morgan fingerprint density at radius 2 is 0.539 bits per heavy atom. The molecule has 1 N–H and O–H groups in total. The van der Waals surface area contributed by atoms with E-state index in [0.717, 1.165) is 27.2 Å². The Morgan fingerprint density at radius 3 is 1.02 bits per heavy atom. The molecule has 0 aromatic heterocycles. The minimum absolute atomic E-state index is 0.0559. The molecule has 0 heterocycles. The molecule has 0 aliphatic heterocycles. The van der Waals surface area contributed by atoms with Crippen molar-refractivity contribution in [3.63, 3.8) is 0 Å². The number of benzene rings is 18. The predicted octanol–water partition coefficient (Wildman–Crippen LogP) is 29.9. The summed E-state index contributed by atoms with van der Waals surface area (Å²) >= 11 is 3.82. The fourth-order valence-corrected chi connectivity index (χ4v) is 22.8. The van der Waals surface area contributed by atoms with Gasteiger partial charge < -0.3 is 10.2 Å². The summed E-state index contributed by atoms with van der Waals surface area (Å²) in [5.41, 5.74) is 48.4. The third-order valence-corrected chi connectivity index (χ3v) is 27.6. The van der Waals surface area contributed by atoms with Crippen LogP contribution in [0.4, 0.5) is 28.4 Å². The van der Waals surface area contributed by atoms with E-state index in [-0.39, 0.29) is 16.2 Å². The van der Waals surface area contributed by atoms with Crippen LogP contribution < -0.4 is 10.2 Å². The van der Waals surface area contributed by atoms with Gasteiger partial charge in [0.1, 0.15) is 0 Å².